The molecule has 0 aliphatic rings. The van der Waals surface area contributed by atoms with Crippen LogP contribution in [0.4, 0.5) is 21.9 Å². The van der Waals surface area contributed by atoms with Gasteiger partial charge in [0.1, 0.15) is 11.9 Å². The van der Waals surface area contributed by atoms with Crippen LogP contribution in [0.2, 0.25) is 0 Å². The van der Waals surface area contributed by atoms with E-state index in [1.54, 1.807) is 48.5 Å². The molecule has 4 rings (SSSR count). The SMILES string of the molecule is CC(C)(CC/C=C/C(=O)Nc1ccccc1N)[C@H](OC(=O)Nc1cccc2ccccc12)c1cc(Br)ccc1O. The van der Waals surface area contributed by atoms with Crippen molar-refractivity contribution in [2.45, 2.75) is 32.8 Å². The molecule has 0 fully saturated rings. The van der Waals surface area contributed by atoms with E-state index in [1.165, 1.54) is 6.08 Å². The number of nitrogen functional groups attached to an aromatic ring is 1. The molecule has 0 aliphatic carbocycles. The monoisotopic (exact) mass is 601 g/mol. The van der Waals surface area contributed by atoms with Crippen LogP contribution in [0.1, 0.15) is 38.4 Å². The maximum absolute atomic E-state index is 13.2. The first-order valence-electron chi connectivity index (χ1n) is 12.9. The van der Waals surface area contributed by atoms with Gasteiger partial charge in [0.15, 0.2) is 0 Å². The topological polar surface area (TPSA) is 114 Å². The fourth-order valence-corrected chi connectivity index (χ4v) is 4.90. The fraction of sp³-hybridized carbons (Fsp3) is 0.188. The van der Waals surface area contributed by atoms with Crippen LogP contribution in [0.15, 0.2) is 102 Å². The molecule has 0 unspecified atom stereocenters. The number of fused-ring (bicyclic) bond motifs is 1. The number of halogens is 1. The maximum atomic E-state index is 13.2. The molecule has 0 heterocycles. The Bertz CT molecular complexity index is 1550. The second kappa shape index (κ2) is 12.7. The Morgan fingerprint density at radius 3 is 2.48 bits per heavy atom. The van der Waals surface area contributed by atoms with Gasteiger partial charge in [0.05, 0.1) is 17.1 Å². The number of phenolic OH excluding ortho intramolecular Hbond substituents is 1. The van der Waals surface area contributed by atoms with E-state index < -0.39 is 17.6 Å². The van der Waals surface area contributed by atoms with E-state index in [0.29, 0.717) is 35.5 Å². The van der Waals surface area contributed by atoms with E-state index in [0.717, 1.165) is 15.2 Å². The van der Waals surface area contributed by atoms with Gasteiger partial charge in [-0.3, -0.25) is 10.1 Å². The van der Waals surface area contributed by atoms with Gasteiger partial charge in [0.25, 0.3) is 0 Å². The van der Waals surface area contributed by atoms with Crippen molar-refractivity contribution in [3.63, 3.8) is 0 Å². The number of hydrogen-bond donors (Lipinski definition) is 4. The molecule has 4 aromatic carbocycles. The molecule has 206 valence electrons. The van der Waals surface area contributed by atoms with Crippen LogP contribution < -0.4 is 16.4 Å². The summed E-state index contributed by atoms with van der Waals surface area (Å²) in [7, 11) is 0. The second-order valence-corrected chi connectivity index (χ2v) is 11.1. The van der Waals surface area contributed by atoms with Crippen LogP contribution in [0, 0.1) is 5.41 Å². The van der Waals surface area contributed by atoms with Crippen molar-refractivity contribution in [2.75, 3.05) is 16.4 Å². The predicted molar refractivity (Wildman–Crippen MR) is 164 cm³/mol. The molecule has 5 N–H and O–H groups in total. The number of allylic oxidation sites excluding steroid dienone is 1. The van der Waals surface area contributed by atoms with E-state index in [4.69, 9.17) is 10.5 Å². The first-order valence-corrected chi connectivity index (χ1v) is 13.7. The summed E-state index contributed by atoms with van der Waals surface area (Å²) in [4.78, 5) is 25.6. The third kappa shape index (κ3) is 7.21. The van der Waals surface area contributed by atoms with Crippen molar-refractivity contribution in [3.8, 4) is 5.75 Å². The summed E-state index contributed by atoms with van der Waals surface area (Å²) in [6.07, 6.45) is 2.90. The number of carbonyl (C=O) groups excluding carboxylic acids is 2. The lowest BCUT2D eigenvalue weighted by molar-refractivity contribution is -0.111. The molecule has 0 saturated heterocycles. The number of amides is 2. The lowest BCUT2D eigenvalue weighted by Crippen LogP contribution is -2.29. The van der Waals surface area contributed by atoms with E-state index in [9.17, 15) is 14.7 Å². The van der Waals surface area contributed by atoms with Crippen molar-refractivity contribution in [1.29, 1.82) is 0 Å². The maximum Gasteiger partial charge on any atom is 0.412 e. The van der Waals surface area contributed by atoms with Crippen LogP contribution in [-0.4, -0.2) is 17.1 Å². The molecule has 0 radical (unpaired) electrons. The summed E-state index contributed by atoms with van der Waals surface area (Å²) in [6.45, 7) is 3.92. The van der Waals surface area contributed by atoms with Gasteiger partial charge >= 0.3 is 6.09 Å². The van der Waals surface area contributed by atoms with Crippen LogP contribution in [-0.2, 0) is 9.53 Å². The zero-order chi connectivity index (χ0) is 28.7. The van der Waals surface area contributed by atoms with Crippen LogP contribution in [0.5, 0.6) is 5.75 Å². The Kier molecular flexibility index (Phi) is 9.11. The molecule has 40 heavy (non-hydrogen) atoms. The highest BCUT2D eigenvalue weighted by Gasteiger charge is 2.35. The van der Waals surface area contributed by atoms with Crippen LogP contribution in [0.3, 0.4) is 0 Å². The van der Waals surface area contributed by atoms with Gasteiger partial charge in [0.2, 0.25) is 5.91 Å². The van der Waals surface area contributed by atoms with Gasteiger partial charge < -0.3 is 20.9 Å². The Morgan fingerprint density at radius 2 is 1.68 bits per heavy atom. The standard InChI is InChI=1S/C32H32BrN3O4/c1-32(2,19-8-7-16-29(38)35-27-14-6-5-13-25(27)34)30(24-20-22(33)17-18-28(24)37)40-31(39)36-26-15-9-11-21-10-3-4-12-23(21)26/h3-7,9-18,20,30,37H,8,19,34H2,1-2H3,(H,35,38)(H,36,39)/b16-7+/t30-/m1/s1. The minimum absolute atomic E-state index is 0.0228. The molecule has 1 atom stereocenters. The third-order valence-electron chi connectivity index (χ3n) is 6.68. The normalized spacial score (nSPS) is 12.3. The molecule has 0 bridgehead atoms. The van der Waals surface area contributed by atoms with Crippen molar-refractivity contribution in [3.05, 3.63) is 107 Å². The quantitative estimate of drug-likeness (QED) is 0.114. The summed E-state index contributed by atoms with van der Waals surface area (Å²) >= 11 is 3.46. The van der Waals surface area contributed by atoms with Gasteiger partial charge in [-0.2, -0.15) is 0 Å². The zero-order valence-corrected chi connectivity index (χ0v) is 23.9. The number of aromatic hydroxyl groups is 1. The Hall–Kier alpha value is -4.30. The van der Waals surface area contributed by atoms with E-state index in [1.807, 2.05) is 56.3 Å². The summed E-state index contributed by atoms with van der Waals surface area (Å²) < 4.78 is 6.76. The fourth-order valence-electron chi connectivity index (χ4n) is 4.52. The highest BCUT2D eigenvalue weighted by atomic mass is 79.9. The van der Waals surface area contributed by atoms with Gasteiger partial charge in [0, 0.05) is 20.8 Å². The summed E-state index contributed by atoms with van der Waals surface area (Å²) in [5, 5.41) is 18.2. The molecule has 0 aromatic heterocycles. The number of nitrogens with one attached hydrogen (secondary N) is 2. The number of benzene rings is 4. The number of rotatable bonds is 9. The van der Waals surface area contributed by atoms with Gasteiger partial charge in [-0.25, -0.2) is 4.79 Å². The van der Waals surface area contributed by atoms with Crippen molar-refractivity contribution >= 4 is 55.8 Å². The molecular weight excluding hydrogens is 570 g/mol. The molecule has 7 nitrogen and oxygen atoms in total. The minimum Gasteiger partial charge on any atom is -0.508 e. The number of carbonyl (C=O) groups is 2. The summed E-state index contributed by atoms with van der Waals surface area (Å²) in [6, 6.07) is 25.5. The first kappa shape index (κ1) is 28.7. The molecule has 8 heteroatoms. The minimum atomic E-state index is -0.786. The lowest BCUT2D eigenvalue weighted by Gasteiger charge is -2.34. The van der Waals surface area contributed by atoms with E-state index in [2.05, 4.69) is 26.6 Å². The molecular formula is C32H32BrN3O4. The number of hydrogen-bond acceptors (Lipinski definition) is 5. The van der Waals surface area contributed by atoms with E-state index >= 15 is 0 Å². The second-order valence-electron chi connectivity index (χ2n) is 10.1. The average molecular weight is 603 g/mol. The van der Waals surface area contributed by atoms with E-state index in [-0.39, 0.29) is 11.7 Å². The van der Waals surface area contributed by atoms with Crippen molar-refractivity contribution < 1.29 is 19.4 Å². The molecule has 4 aromatic rings. The lowest BCUT2D eigenvalue weighted by atomic mass is 9.78. The Balaban J connectivity index is 1.49. The van der Waals surface area contributed by atoms with Gasteiger partial charge in [-0.1, -0.05) is 84.4 Å². The number of anilines is 3. The summed E-state index contributed by atoms with van der Waals surface area (Å²) in [5.74, 6) is -0.266. The zero-order valence-electron chi connectivity index (χ0n) is 22.4. The summed E-state index contributed by atoms with van der Waals surface area (Å²) in [5.41, 5.74) is 7.43. The number of nitrogens with two attached hydrogens (primary N) is 1. The van der Waals surface area contributed by atoms with Gasteiger partial charge in [-0.05, 0) is 60.7 Å². The Morgan fingerprint density at radius 1 is 0.975 bits per heavy atom. The highest BCUT2D eigenvalue weighted by molar-refractivity contribution is 9.10. The molecule has 0 saturated carbocycles. The Labute approximate surface area is 242 Å². The van der Waals surface area contributed by atoms with Gasteiger partial charge in [-0.15, -0.1) is 0 Å². The third-order valence-corrected chi connectivity index (χ3v) is 7.17. The molecule has 0 aliphatic heterocycles. The number of ether oxygens (including phenoxy) is 1. The molecule has 2 amide bonds. The smallest absolute Gasteiger partial charge is 0.412 e. The average Bonchev–Trinajstić information content (AvgIpc) is 2.93. The number of phenols is 1. The van der Waals surface area contributed by atoms with Crippen LogP contribution in [0.25, 0.3) is 10.8 Å². The van der Waals surface area contributed by atoms with Crippen molar-refractivity contribution in [2.24, 2.45) is 5.41 Å². The first-order chi connectivity index (χ1) is 19.1. The largest absolute Gasteiger partial charge is 0.508 e. The predicted octanol–water partition coefficient (Wildman–Crippen LogP) is 8.18. The van der Waals surface area contributed by atoms with Crippen LogP contribution >= 0.6 is 15.9 Å². The molecule has 0 spiro atoms. The highest BCUT2D eigenvalue weighted by Crippen LogP contribution is 2.44. The number of para-hydroxylation sites is 2. The van der Waals surface area contributed by atoms with Crippen molar-refractivity contribution in [1.82, 2.24) is 0 Å².